The van der Waals surface area contributed by atoms with Crippen LogP contribution in [0.25, 0.3) is 5.57 Å². The molecule has 0 fully saturated rings. The molecule has 0 atom stereocenters. The van der Waals surface area contributed by atoms with E-state index in [2.05, 4.69) is 17.8 Å². The van der Waals surface area contributed by atoms with Crippen molar-refractivity contribution in [2.75, 3.05) is 0 Å². The van der Waals surface area contributed by atoms with Gasteiger partial charge in [-0.2, -0.15) is 5.26 Å². The molecule has 1 aromatic rings. The molecule has 16 heavy (non-hydrogen) atoms. The van der Waals surface area contributed by atoms with E-state index in [9.17, 15) is 0 Å². The minimum absolute atomic E-state index is 0.705. The van der Waals surface area contributed by atoms with Crippen LogP contribution in [0, 0.1) is 18.3 Å². The van der Waals surface area contributed by atoms with E-state index in [1.165, 1.54) is 0 Å². The molecule has 0 aliphatic heterocycles. The van der Waals surface area contributed by atoms with Crippen molar-refractivity contribution in [3.8, 4) is 6.07 Å². The highest BCUT2D eigenvalue weighted by Gasteiger charge is 2.05. The van der Waals surface area contributed by atoms with Crippen LogP contribution in [0.1, 0.15) is 23.6 Å². The Hall–Kier alpha value is -2.14. The fraction of sp³-hybridized carbons (Fsp3) is 0.143. The largest absolute Gasteiger partial charge is 0.272 e. The third-order valence-corrected chi connectivity index (χ3v) is 2.44. The fourth-order valence-electron chi connectivity index (χ4n) is 1.54. The molecule has 1 rings (SSSR count). The standard InChI is InChI=1S/C14H14N2/c1-4-12(8-9-16-3)14-7-5-6-13(10-15)11(14)2/h4-9H,3H2,1-2H3/b9-8-,12-4+. The number of allylic oxidation sites excluding steroid dienone is 3. The summed E-state index contributed by atoms with van der Waals surface area (Å²) in [5, 5.41) is 8.96. The van der Waals surface area contributed by atoms with Crippen LogP contribution in [0.3, 0.4) is 0 Å². The monoisotopic (exact) mass is 210 g/mol. The molecular formula is C14H14N2. The Morgan fingerprint density at radius 2 is 2.25 bits per heavy atom. The maximum absolute atomic E-state index is 8.96. The lowest BCUT2D eigenvalue weighted by Gasteiger charge is -2.07. The summed E-state index contributed by atoms with van der Waals surface area (Å²) in [5.41, 5.74) is 3.80. The van der Waals surface area contributed by atoms with E-state index < -0.39 is 0 Å². The first-order valence-electron chi connectivity index (χ1n) is 5.03. The van der Waals surface area contributed by atoms with Gasteiger partial charge in [-0.1, -0.05) is 18.2 Å². The molecule has 0 radical (unpaired) electrons. The normalized spacial score (nSPS) is 11.4. The van der Waals surface area contributed by atoms with Crippen LogP contribution in [-0.2, 0) is 0 Å². The van der Waals surface area contributed by atoms with E-state index in [-0.39, 0.29) is 0 Å². The summed E-state index contributed by atoms with van der Waals surface area (Å²) in [6.07, 6.45) is 5.52. The lowest BCUT2D eigenvalue weighted by Crippen LogP contribution is -1.90. The van der Waals surface area contributed by atoms with Gasteiger partial charge in [-0.15, -0.1) is 0 Å². The Balaban J connectivity index is 3.28. The summed E-state index contributed by atoms with van der Waals surface area (Å²) in [6, 6.07) is 7.89. The smallest absolute Gasteiger partial charge is 0.0994 e. The number of benzene rings is 1. The van der Waals surface area contributed by atoms with Gasteiger partial charge in [-0.05, 0) is 49.4 Å². The van der Waals surface area contributed by atoms with Crippen LogP contribution in [0.5, 0.6) is 0 Å². The number of nitriles is 1. The highest BCUT2D eigenvalue weighted by atomic mass is 14.6. The van der Waals surface area contributed by atoms with E-state index in [0.29, 0.717) is 5.56 Å². The Morgan fingerprint density at radius 3 is 2.81 bits per heavy atom. The van der Waals surface area contributed by atoms with Crippen LogP contribution in [0.15, 0.2) is 41.5 Å². The number of nitrogens with zero attached hydrogens (tertiary/aromatic N) is 2. The van der Waals surface area contributed by atoms with Crippen molar-refractivity contribution in [1.29, 1.82) is 5.26 Å². The third-order valence-electron chi connectivity index (χ3n) is 2.44. The number of hydrogen-bond donors (Lipinski definition) is 0. The Labute approximate surface area is 96.3 Å². The van der Waals surface area contributed by atoms with Crippen molar-refractivity contribution in [1.82, 2.24) is 0 Å². The molecule has 0 aliphatic rings. The van der Waals surface area contributed by atoms with E-state index in [0.717, 1.165) is 16.7 Å². The second-order valence-electron chi connectivity index (χ2n) is 3.33. The summed E-state index contributed by atoms with van der Waals surface area (Å²) < 4.78 is 0. The van der Waals surface area contributed by atoms with Gasteiger partial charge in [0.25, 0.3) is 0 Å². The number of hydrogen-bond acceptors (Lipinski definition) is 2. The zero-order valence-corrected chi connectivity index (χ0v) is 9.57. The van der Waals surface area contributed by atoms with Crippen molar-refractivity contribution >= 4 is 12.3 Å². The average molecular weight is 210 g/mol. The van der Waals surface area contributed by atoms with Crippen molar-refractivity contribution < 1.29 is 0 Å². The molecule has 0 bridgehead atoms. The first kappa shape index (κ1) is 11.9. The minimum atomic E-state index is 0.705. The fourth-order valence-corrected chi connectivity index (χ4v) is 1.54. The molecule has 0 amide bonds. The Morgan fingerprint density at radius 1 is 1.50 bits per heavy atom. The molecule has 0 saturated heterocycles. The highest BCUT2D eigenvalue weighted by molar-refractivity contribution is 5.76. The van der Waals surface area contributed by atoms with Gasteiger partial charge in [0.1, 0.15) is 0 Å². The highest BCUT2D eigenvalue weighted by Crippen LogP contribution is 2.22. The predicted molar refractivity (Wildman–Crippen MR) is 68.2 cm³/mol. The molecule has 1 aromatic carbocycles. The van der Waals surface area contributed by atoms with Crippen molar-refractivity contribution in [2.24, 2.45) is 4.99 Å². The van der Waals surface area contributed by atoms with Crippen LogP contribution in [0.2, 0.25) is 0 Å². The zero-order valence-electron chi connectivity index (χ0n) is 9.57. The van der Waals surface area contributed by atoms with Crippen molar-refractivity contribution in [3.63, 3.8) is 0 Å². The molecule has 2 heteroatoms. The van der Waals surface area contributed by atoms with E-state index in [4.69, 9.17) is 5.26 Å². The van der Waals surface area contributed by atoms with Gasteiger partial charge in [0.05, 0.1) is 11.6 Å². The van der Waals surface area contributed by atoms with Gasteiger partial charge >= 0.3 is 0 Å². The molecule has 0 saturated carbocycles. The summed E-state index contributed by atoms with van der Waals surface area (Å²) in [6.45, 7) is 7.31. The van der Waals surface area contributed by atoms with Crippen LogP contribution in [0.4, 0.5) is 0 Å². The topological polar surface area (TPSA) is 36.1 Å². The lowest BCUT2D eigenvalue weighted by atomic mass is 9.96. The SMILES string of the molecule is C=N/C=C\C(=C/C)c1cccc(C#N)c1C. The Bertz CT molecular complexity index is 488. The first-order valence-corrected chi connectivity index (χ1v) is 5.03. The van der Waals surface area contributed by atoms with Gasteiger partial charge in [0, 0.05) is 6.20 Å². The van der Waals surface area contributed by atoms with Gasteiger partial charge < -0.3 is 0 Å². The Kier molecular flexibility index (Phi) is 4.23. The average Bonchev–Trinajstić information content (AvgIpc) is 2.32. The van der Waals surface area contributed by atoms with Crippen LogP contribution < -0.4 is 0 Å². The van der Waals surface area contributed by atoms with Crippen LogP contribution in [-0.4, -0.2) is 6.72 Å². The maximum atomic E-state index is 8.96. The number of aliphatic imine (C=N–C) groups is 1. The second-order valence-corrected chi connectivity index (χ2v) is 3.33. The third kappa shape index (κ3) is 2.46. The predicted octanol–water partition coefficient (Wildman–Crippen LogP) is 3.48. The summed E-state index contributed by atoms with van der Waals surface area (Å²) in [7, 11) is 0. The molecule has 0 unspecified atom stereocenters. The minimum Gasteiger partial charge on any atom is -0.272 e. The molecule has 0 heterocycles. The van der Waals surface area contributed by atoms with E-state index in [1.54, 1.807) is 6.20 Å². The molecular weight excluding hydrogens is 196 g/mol. The van der Waals surface area contributed by atoms with Gasteiger partial charge in [0.2, 0.25) is 0 Å². The zero-order chi connectivity index (χ0) is 12.0. The maximum Gasteiger partial charge on any atom is 0.0994 e. The van der Waals surface area contributed by atoms with Crippen LogP contribution >= 0.6 is 0 Å². The second kappa shape index (κ2) is 5.67. The summed E-state index contributed by atoms with van der Waals surface area (Å²) in [4.78, 5) is 3.68. The molecule has 80 valence electrons. The van der Waals surface area contributed by atoms with Gasteiger partial charge in [-0.25, -0.2) is 0 Å². The summed E-state index contributed by atoms with van der Waals surface area (Å²) >= 11 is 0. The van der Waals surface area contributed by atoms with Gasteiger partial charge in [-0.3, -0.25) is 4.99 Å². The molecule has 2 nitrogen and oxygen atoms in total. The van der Waals surface area contributed by atoms with Gasteiger partial charge in [0.15, 0.2) is 0 Å². The van der Waals surface area contributed by atoms with E-state index in [1.807, 2.05) is 44.2 Å². The van der Waals surface area contributed by atoms with E-state index >= 15 is 0 Å². The molecule has 0 aliphatic carbocycles. The van der Waals surface area contributed by atoms with Crippen molar-refractivity contribution in [3.05, 3.63) is 53.2 Å². The first-order chi connectivity index (χ1) is 7.74. The lowest BCUT2D eigenvalue weighted by molar-refractivity contribution is 1.36. The molecule has 0 N–H and O–H groups in total. The van der Waals surface area contributed by atoms with Crippen molar-refractivity contribution in [2.45, 2.75) is 13.8 Å². The quantitative estimate of drug-likeness (QED) is 0.555. The molecule has 0 aromatic heterocycles. The molecule has 0 spiro atoms. The number of rotatable bonds is 3. The summed E-state index contributed by atoms with van der Waals surface area (Å²) in [5.74, 6) is 0.